The summed E-state index contributed by atoms with van der Waals surface area (Å²) >= 11 is 0. The molecule has 1 aromatic rings. The number of carbonyl (C=O) groups is 1. The fraction of sp³-hybridized carbons (Fsp3) is 0.500. The molecule has 7 heteroatoms. The van der Waals surface area contributed by atoms with E-state index in [4.69, 9.17) is 5.11 Å². The number of carboxylic acids is 1. The van der Waals surface area contributed by atoms with Crippen molar-refractivity contribution in [1.29, 1.82) is 0 Å². The molecule has 1 unspecified atom stereocenters. The van der Waals surface area contributed by atoms with Gasteiger partial charge < -0.3 is 5.11 Å². The molecule has 0 aromatic carbocycles. The van der Waals surface area contributed by atoms with Crippen molar-refractivity contribution in [3.8, 4) is 0 Å². The minimum Gasteiger partial charge on any atom is -0.481 e. The molecule has 82 valence electrons. The molecule has 1 N–H and O–H groups in total. The van der Waals surface area contributed by atoms with Crippen molar-refractivity contribution in [2.45, 2.75) is 19.3 Å². The lowest BCUT2D eigenvalue weighted by Crippen LogP contribution is -2.15. The van der Waals surface area contributed by atoms with Crippen LogP contribution in [0, 0.1) is 10.1 Å². The number of nitrogens with zero attached hydrogens (tertiary/aromatic N) is 3. The predicted molar refractivity (Wildman–Crippen MR) is 50.5 cm³/mol. The van der Waals surface area contributed by atoms with Gasteiger partial charge in [-0.05, 0) is 6.42 Å². The molecule has 0 bridgehead atoms. The summed E-state index contributed by atoms with van der Waals surface area (Å²) in [6, 6.07) is 0. The second kappa shape index (κ2) is 4.07. The summed E-state index contributed by atoms with van der Waals surface area (Å²) in [5.41, 5.74) is -0.109. The molecule has 0 aliphatic rings. The lowest BCUT2D eigenvalue weighted by Gasteiger charge is -2.08. The van der Waals surface area contributed by atoms with Gasteiger partial charge >= 0.3 is 11.7 Å². The van der Waals surface area contributed by atoms with Gasteiger partial charge in [0.1, 0.15) is 17.8 Å². The lowest BCUT2D eigenvalue weighted by molar-refractivity contribution is -0.385. The first-order chi connectivity index (χ1) is 6.99. The second-order valence-corrected chi connectivity index (χ2v) is 3.09. The first-order valence-electron chi connectivity index (χ1n) is 4.38. The van der Waals surface area contributed by atoms with Gasteiger partial charge in [-0.1, -0.05) is 6.92 Å². The number of nitro groups is 1. The normalized spacial score (nSPS) is 12.4. The number of hydrogen-bond donors (Lipinski definition) is 1. The smallest absolute Gasteiger partial charge is 0.312 e. The molecule has 0 saturated carbocycles. The van der Waals surface area contributed by atoms with Crippen molar-refractivity contribution < 1.29 is 14.8 Å². The predicted octanol–water partition coefficient (Wildman–Crippen LogP) is 0.906. The zero-order valence-corrected chi connectivity index (χ0v) is 8.38. The van der Waals surface area contributed by atoms with E-state index in [1.54, 1.807) is 6.92 Å². The van der Waals surface area contributed by atoms with Gasteiger partial charge in [0.05, 0.1) is 4.92 Å². The SMILES string of the molecule is CCC(C(=O)O)c1c([N+](=O)[O-])cnn1C. The van der Waals surface area contributed by atoms with Crippen LogP contribution in [0.2, 0.25) is 0 Å². The van der Waals surface area contributed by atoms with Crippen LogP contribution in [0.3, 0.4) is 0 Å². The molecule has 1 rings (SSSR count). The largest absolute Gasteiger partial charge is 0.481 e. The Morgan fingerprint density at radius 2 is 2.40 bits per heavy atom. The van der Waals surface area contributed by atoms with Crippen LogP contribution in [-0.4, -0.2) is 25.8 Å². The second-order valence-electron chi connectivity index (χ2n) is 3.09. The van der Waals surface area contributed by atoms with Crippen molar-refractivity contribution in [3.63, 3.8) is 0 Å². The molecular formula is C8H11N3O4. The number of hydrogen-bond acceptors (Lipinski definition) is 4. The van der Waals surface area contributed by atoms with Gasteiger partial charge in [0, 0.05) is 7.05 Å². The van der Waals surface area contributed by atoms with E-state index in [1.165, 1.54) is 11.7 Å². The Kier molecular flexibility index (Phi) is 3.03. The van der Waals surface area contributed by atoms with Crippen molar-refractivity contribution in [2.75, 3.05) is 0 Å². The summed E-state index contributed by atoms with van der Waals surface area (Å²) in [7, 11) is 1.49. The van der Waals surface area contributed by atoms with E-state index in [2.05, 4.69) is 5.10 Å². The van der Waals surface area contributed by atoms with Crippen LogP contribution in [0.1, 0.15) is 25.0 Å². The van der Waals surface area contributed by atoms with Crippen molar-refractivity contribution in [1.82, 2.24) is 9.78 Å². The van der Waals surface area contributed by atoms with Gasteiger partial charge in [-0.2, -0.15) is 5.10 Å². The van der Waals surface area contributed by atoms with Gasteiger partial charge in [-0.3, -0.25) is 19.6 Å². The molecule has 0 amide bonds. The van der Waals surface area contributed by atoms with Crippen LogP contribution in [0.15, 0.2) is 6.20 Å². The molecule has 15 heavy (non-hydrogen) atoms. The first kappa shape index (κ1) is 11.2. The van der Waals surface area contributed by atoms with Crippen molar-refractivity contribution in [3.05, 3.63) is 22.0 Å². The highest BCUT2D eigenvalue weighted by Crippen LogP contribution is 2.28. The molecule has 1 atom stereocenters. The Bertz CT molecular complexity index is 399. The number of carboxylic acid groups (broad SMARTS) is 1. The number of aliphatic carboxylic acids is 1. The maximum atomic E-state index is 10.9. The van der Waals surface area contributed by atoms with E-state index in [1.807, 2.05) is 0 Å². The fourth-order valence-corrected chi connectivity index (χ4v) is 1.47. The quantitative estimate of drug-likeness (QED) is 0.592. The molecule has 0 fully saturated rings. The van der Waals surface area contributed by atoms with E-state index in [9.17, 15) is 14.9 Å². The topological polar surface area (TPSA) is 98.3 Å². The minimum atomic E-state index is -1.08. The summed E-state index contributed by atoms with van der Waals surface area (Å²) < 4.78 is 1.24. The molecule has 0 aliphatic heterocycles. The van der Waals surface area contributed by atoms with Gasteiger partial charge in [0.2, 0.25) is 0 Å². The van der Waals surface area contributed by atoms with E-state index in [0.717, 1.165) is 6.20 Å². The third kappa shape index (κ3) is 1.95. The molecule has 1 heterocycles. The molecule has 0 saturated heterocycles. The van der Waals surface area contributed by atoms with Gasteiger partial charge in [0.25, 0.3) is 0 Å². The Morgan fingerprint density at radius 1 is 1.80 bits per heavy atom. The van der Waals surface area contributed by atoms with Gasteiger partial charge in [-0.15, -0.1) is 0 Å². The highest BCUT2D eigenvalue weighted by atomic mass is 16.6. The van der Waals surface area contributed by atoms with E-state index < -0.39 is 16.8 Å². The van der Waals surface area contributed by atoms with E-state index in [-0.39, 0.29) is 17.8 Å². The van der Waals surface area contributed by atoms with Crippen LogP contribution in [0.25, 0.3) is 0 Å². The summed E-state index contributed by atoms with van der Waals surface area (Å²) in [5, 5.41) is 23.3. The number of aryl methyl sites for hydroxylation is 1. The van der Waals surface area contributed by atoms with Crippen molar-refractivity contribution >= 4 is 11.7 Å². The average molecular weight is 213 g/mol. The van der Waals surface area contributed by atoms with E-state index in [0.29, 0.717) is 0 Å². The van der Waals surface area contributed by atoms with Crippen LogP contribution < -0.4 is 0 Å². The maximum absolute atomic E-state index is 10.9. The third-order valence-electron chi connectivity index (χ3n) is 2.20. The Morgan fingerprint density at radius 3 is 2.80 bits per heavy atom. The summed E-state index contributed by atoms with van der Waals surface area (Å²) in [4.78, 5) is 20.9. The summed E-state index contributed by atoms with van der Waals surface area (Å²) in [6.07, 6.45) is 1.36. The van der Waals surface area contributed by atoms with Crippen LogP contribution in [-0.2, 0) is 11.8 Å². The molecular weight excluding hydrogens is 202 g/mol. The van der Waals surface area contributed by atoms with Crippen molar-refractivity contribution in [2.24, 2.45) is 7.05 Å². The Labute approximate surface area is 85.5 Å². The molecule has 0 aliphatic carbocycles. The zero-order chi connectivity index (χ0) is 11.6. The monoisotopic (exact) mass is 213 g/mol. The first-order valence-corrected chi connectivity index (χ1v) is 4.38. The fourth-order valence-electron chi connectivity index (χ4n) is 1.47. The molecule has 1 aromatic heterocycles. The number of rotatable bonds is 4. The summed E-state index contributed by atoms with van der Waals surface area (Å²) in [6.45, 7) is 1.66. The summed E-state index contributed by atoms with van der Waals surface area (Å²) in [5.74, 6) is -1.97. The Hall–Kier alpha value is -1.92. The number of aromatic nitrogens is 2. The highest BCUT2D eigenvalue weighted by molar-refractivity contribution is 5.76. The lowest BCUT2D eigenvalue weighted by atomic mass is 10.0. The van der Waals surface area contributed by atoms with Gasteiger partial charge in [-0.25, -0.2) is 0 Å². The molecule has 0 spiro atoms. The van der Waals surface area contributed by atoms with E-state index >= 15 is 0 Å². The van der Waals surface area contributed by atoms with Crippen LogP contribution >= 0.6 is 0 Å². The average Bonchev–Trinajstić information content (AvgIpc) is 2.49. The van der Waals surface area contributed by atoms with Crippen LogP contribution in [0.5, 0.6) is 0 Å². The van der Waals surface area contributed by atoms with Crippen LogP contribution in [0.4, 0.5) is 5.69 Å². The third-order valence-corrected chi connectivity index (χ3v) is 2.20. The molecule has 0 radical (unpaired) electrons. The zero-order valence-electron chi connectivity index (χ0n) is 8.38. The van der Waals surface area contributed by atoms with Gasteiger partial charge in [0.15, 0.2) is 0 Å². The highest BCUT2D eigenvalue weighted by Gasteiger charge is 2.30. The molecule has 7 nitrogen and oxygen atoms in total. The standard InChI is InChI=1S/C8H11N3O4/c1-3-5(8(12)13)7-6(11(14)15)4-9-10(7)2/h4-5H,3H2,1-2H3,(H,12,13). The maximum Gasteiger partial charge on any atom is 0.312 e. The Balaban J connectivity index is 3.26. The minimum absolute atomic E-state index is 0.134.